The number of carbonyl (C=O) groups excluding carboxylic acids is 2. The number of carbonyl (C=O) groups is 2. The van der Waals surface area contributed by atoms with Gasteiger partial charge in [-0.15, -0.1) is 11.3 Å². The zero-order valence-corrected chi connectivity index (χ0v) is 11.7. The van der Waals surface area contributed by atoms with Crippen molar-refractivity contribution in [3.05, 3.63) is 26.8 Å². The largest absolute Gasteiger partial charge is 0.462 e. The van der Waals surface area contributed by atoms with Gasteiger partial charge in [-0.25, -0.2) is 4.79 Å². The fourth-order valence-electron chi connectivity index (χ4n) is 1.64. The minimum absolute atomic E-state index is 0.284. The van der Waals surface area contributed by atoms with Gasteiger partial charge in [0.25, 0.3) is 0 Å². The third-order valence-corrected chi connectivity index (χ3v) is 4.12. The fraction of sp³-hybridized carbons (Fsp3) is 0.273. The Labute approximate surface area is 110 Å². The molecule has 4 nitrogen and oxygen atoms in total. The molecule has 0 N–H and O–H groups in total. The minimum atomic E-state index is -0.477. The van der Waals surface area contributed by atoms with Crippen LogP contribution < -0.4 is 0 Å². The topological polar surface area (TPSA) is 47.8 Å². The minimum Gasteiger partial charge on any atom is -0.462 e. The second-order valence-electron chi connectivity index (χ2n) is 3.43. The Bertz CT molecular complexity index is 599. The molecule has 0 aliphatic carbocycles. The summed E-state index contributed by atoms with van der Waals surface area (Å²) in [4.78, 5) is 24.7. The lowest BCUT2D eigenvalue weighted by Gasteiger charge is -2.00. The zero-order chi connectivity index (χ0) is 12.6. The van der Waals surface area contributed by atoms with Crippen LogP contribution >= 0.6 is 27.3 Å². The Morgan fingerprint density at radius 2 is 2.35 bits per heavy atom. The quantitative estimate of drug-likeness (QED) is 0.646. The highest BCUT2D eigenvalue weighted by molar-refractivity contribution is 9.10. The summed E-state index contributed by atoms with van der Waals surface area (Å²) >= 11 is 4.81. The maximum absolute atomic E-state index is 11.8. The summed E-state index contributed by atoms with van der Waals surface area (Å²) in [5.74, 6) is -0.477. The molecule has 0 aromatic carbocycles. The van der Waals surface area contributed by atoms with Gasteiger partial charge < -0.3 is 9.14 Å². The number of esters is 1. The molecule has 0 radical (unpaired) electrons. The summed E-state index contributed by atoms with van der Waals surface area (Å²) < 4.78 is 7.30. The molecule has 0 aliphatic heterocycles. The fourth-order valence-corrected chi connectivity index (χ4v) is 3.38. The first-order valence-electron chi connectivity index (χ1n) is 5.02. The van der Waals surface area contributed by atoms with E-state index in [1.54, 1.807) is 11.3 Å². The molecule has 2 rings (SSSR count). The number of nitrogens with zero attached hydrogens (tertiary/aromatic N) is 1. The lowest BCUT2D eigenvalue weighted by Crippen LogP contribution is -2.06. The first-order chi connectivity index (χ1) is 8.10. The highest BCUT2D eigenvalue weighted by Crippen LogP contribution is 2.32. The van der Waals surface area contributed by atoms with Gasteiger partial charge in [-0.1, -0.05) is 0 Å². The number of rotatable bonds is 3. The van der Waals surface area contributed by atoms with Crippen molar-refractivity contribution in [2.24, 2.45) is 0 Å². The SMILES string of the molecule is CCOC(=O)c1c(C=O)c2sc(C)cn2c1Br. The first-order valence-corrected chi connectivity index (χ1v) is 6.63. The summed E-state index contributed by atoms with van der Waals surface area (Å²) in [5.41, 5.74) is 0.682. The molecule has 0 spiro atoms. The first kappa shape index (κ1) is 12.3. The van der Waals surface area contributed by atoms with Gasteiger partial charge in [0.1, 0.15) is 15.0 Å². The Morgan fingerprint density at radius 1 is 1.65 bits per heavy atom. The Balaban J connectivity index is 2.70. The molecule has 0 bridgehead atoms. The van der Waals surface area contributed by atoms with Crippen LogP contribution in [0, 0.1) is 6.92 Å². The molecule has 0 unspecified atom stereocenters. The highest BCUT2D eigenvalue weighted by atomic mass is 79.9. The Hall–Kier alpha value is -1.14. The lowest BCUT2D eigenvalue weighted by molar-refractivity contribution is 0.0523. The molecule has 2 aromatic heterocycles. The maximum Gasteiger partial charge on any atom is 0.341 e. The normalized spacial score (nSPS) is 10.8. The van der Waals surface area contributed by atoms with Crippen LogP contribution in [-0.2, 0) is 4.74 Å². The lowest BCUT2D eigenvalue weighted by atomic mass is 10.2. The standard InChI is InChI=1S/C11H10BrNO3S/c1-3-16-11(15)8-7(5-14)10-13(9(8)12)4-6(2)17-10/h4-5H,3H2,1-2H3. The van der Waals surface area contributed by atoms with Crippen molar-refractivity contribution in [2.75, 3.05) is 6.61 Å². The molecule has 0 amide bonds. The van der Waals surface area contributed by atoms with Crippen molar-refractivity contribution in [3.8, 4) is 0 Å². The Kier molecular flexibility index (Phi) is 3.35. The molecule has 0 fully saturated rings. The smallest absolute Gasteiger partial charge is 0.341 e. The second kappa shape index (κ2) is 4.62. The van der Waals surface area contributed by atoms with Gasteiger partial charge in [0.2, 0.25) is 0 Å². The number of ether oxygens (including phenoxy) is 1. The average molecular weight is 316 g/mol. The molecule has 0 saturated carbocycles. The van der Waals surface area contributed by atoms with Crippen molar-refractivity contribution in [1.29, 1.82) is 0 Å². The number of aldehydes is 1. The summed E-state index contributed by atoms with van der Waals surface area (Å²) in [5, 5.41) is 0. The molecular formula is C11H10BrNO3S. The van der Waals surface area contributed by atoms with Crippen molar-refractivity contribution in [2.45, 2.75) is 13.8 Å². The maximum atomic E-state index is 11.8. The van der Waals surface area contributed by atoms with Crippen LogP contribution in [0.5, 0.6) is 0 Å². The van der Waals surface area contributed by atoms with Gasteiger partial charge in [-0.2, -0.15) is 0 Å². The molecule has 0 aliphatic rings. The molecule has 2 aromatic rings. The van der Waals surface area contributed by atoms with Crippen LogP contribution in [-0.4, -0.2) is 23.3 Å². The predicted octanol–water partition coefficient (Wildman–Crippen LogP) is 3.06. The number of fused-ring (bicyclic) bond motifs is 1. The zero-order valence-electron chi connectivity index (χ0n) is 9.32. The number of hydrogen-bond acceptors (Lipinski definition) is 4. The van der Waals surface area contributed by atoms with Gasteiger partial charge in [-0.3, -0.25) is 4.79 Å². The van der Waals surface area contributed by atoms with Crippen LogP contribution in [0.25, 0.3) is 4.83 Å². The van der Waals surface area contributed by atoms with E-state index < -0.39 is 5.97 Å². The van der Waals surface area contributed by atoms with E-state index in [9.17, 15) is 9.59 Å². The van der Waals surface area contributed by atoms with Crippen molar-refractivity contribution >= 4 is 44.4 Å². The van der Waals surface area contributed by atoms with Gasteiger partial charge in [0.05, 0.1) is 12.2 Å². The van der Waals surface area contributed by atoms with Crippen LogP contribution in [0.4, 0.5) is 0 Å². The summed E-state index contributed by atoms with van der Waals surface area (Å²) in [7, 11) is 0. The van der Waals surface area contributed by atoms with E-state index in [4.69, 9.17) is 4.74 Å². The van der Waals surface area contributed by atoms with E-state index in [2.05, 4.69) is 15.9 Å². The number of hydrogen-bond donors (Lipinski definition) is 0. The van der Waals surface area contributed by atoms with E-state index in [0.717, 1.165) is 9.71 Å². The second-order valence-corrected chi connectivity index (χ2v) is 5.42. The van der Waals surface area contributed by atoms with Gasteiger partial charge in [0.15, 0.2) is 6.29 Å². The van der Waals surface area contributed by atoms with Crippen LogP contribution in [0.3, 0.4) is 0 Å². The third-order valence-electron chi connectivity index (χ3n) is 2.30. The average Bonchev–Trinajstić information content (AvgIpc) is 2.76. The van der Waals surface area contributed by atoms with Gasteiger partial charge in [0, 0.05) is 11.1 Å². The Morgan fingerprint density at radius 3 is 2.94 bits per heavy atom. The predicted molar refractivity (Wildman–Crippen MR) is 69.1 cm³/mol. The molecule has 0 saturated heterocycles. The van der Waals surface area contributed by atoms with E-state index in [1.807, 2.05) is 13.1 Å². The van der Waals surface area contributed by atoms with E-state index >= 15 is 0 Å². The molecule has 2 heterocycles. The van der Waals surface area contributed by atoms with Crippen LogP contribution in [0.15, 0.2) is 10.8 Å². The van der Waals surface area contributed by atoms with E-state index in [0.29, 0.717) is 22.0 Å². The molecule has 0 atom stereocenters. The molecule has 17 heavy (non-hydrogen) atoms. The van der Waals surface area contributed by atoms with Crippen LogP contribution in [0.1, 0.15) is 32.5 Å². The van der Waals surface area contributed by atoms with Crippen molar-refractivity contribution in [3.63, 3.8) is 0 Å². The van der Waals surface area contributed by atoms with Crippen molar-refractivity contribution < 1.29 is 14.3 Å². The molecular weight excluding hydrogens is 306 g/mol. The number of halogens is 1. The molecule has 6 heteroatoms. The number of aromatic nitrogens is 1. The highest BCUT2D eigenvalue weighted by Gasteiger charge is 2.24. The van der Waals surface area contributed by atoms with E-state index in [-0.39, 0.29) is 6.61 Å². The van der Waals surface area contributed by atoms with E-state index in [1.165, 1.54) is 11.3 Å². The monoisotopic (exact) mass is 315 g/mol. The summed E-state index contributed by atoms with van der Waals surface area (Å²) in [6.45, 7) is 3.96. The summed E-state index contributed by atoms with van der Waals surface area (Å²) in [6.07, 6.45) is 2.57. The number of aryl methyl sites for hydroxylation is 1. The van der Waals surface area contributed by atoms with Gasteiger partial charge in [-0.05, 0) is 29.8 Å². The molecule has 90 valence electrons. The number of thiazole rings is 1. The summed E-state index contributed by atoms with van der Waals surface area (Å²) in [6, 6.07) is 0. The van der Waals surface area contributed by atoms with Gasteiger partial charge >= 0.3 is 5.97 Å². The third kappa shape index (κ3) is 1.91. The van der Waals surface area contributed by atoms with Crippen LogP contribution in [0.2, 0.25) is 0 Å². The van der Waals surface area contributed by atoms with Crippen molar-refractivity contribution in [1.82, 2.24) is 4.40 Å².